The quantitative estimate of drug-likeness (QED) is 0.796. The monoisotopic (exact) mass is 235 g/mol. The average Bonchev–Trinajstić information content (AvgIpc) is 2.30. The van der Waals surface area contributed by atoms with Gasteiger partial charge in [-0.3, -0.25) is 4.98 Å². The van der Waals surface area contributed by atoms with Crippen molar-refractivity contribution in [3.8, 4) is 0 Å². The number of pyridine rings is 1. The number of ether oxygens (including phenoxy) is 1. The smallest absolute Gasteiger partial charge is 0.339 e. The number of hydrogen-bond donors (Lipinski definition) is 1. The summed E-state index contributed by atoms with van der Waals surface area (Å²) in [6.45, 7) is 3.91. The van der Waals surface area contributed by atoms with Gasteiger partial charge < -0.3 is 9.84 Å². The Labute approximate surface area is 101 Å². The maximum absolute atomic E-state index is 11.7. The fourth-order valence-corrected chi connectivity index (χ4v) is 2.19. The third kappa shape index (κ3) is 2.31. The minimum atomic E-state index is -0.492. The minimum Gasteiger partial charge on any atom is -0.462 e. The van der Waals surface area contributed by atoms with Crippen LogP contribution >= 0.6 is 0 Å². The van der Waals surface area contributed by atoms with Gasteiger partial charge in [-0.1, -0.05) is 0 Å². The Bertz CT molecular complexity index is 443. The lowest BCUT2D eigenvalue weighted by molar-refractivity contribution is 0.0524. The largest absolute Gasteiger partial charge is 0.462 e. The van der Waals surface area contributed by atoms with Crippen molar-refractivity contribution < 1.29 is 14.6 Å². The molecule has 0 saturated heterocycles. The molecule has 92 valence electrons. The SMILES string of the molecule is CCOC(=O)c1cc2c(nc1C)C(O)CCC2. The van der Waals surface area contributed by atoms with Crippen molar-refractivity contribution in [3.63, 3.8) is 0 Å². The van der Waals surface area contributed by atoms with Crippen LogP contribution in [-0.4, -0.2) is 22.7 Å². The first-order valence-corrected chi connectivity index (χ1v) is 5.99. The van der Waals surface area contributed by atoms with E-state index >= 15 is 0 Å². The molecule has 1 unspecified atom stereocenters. The number of carbonyl (C=O) groups is 1. The van der Waals surface area contributed by atoms with Gasteiger partial charge in [-0.2, -0.15) is 0 Å². The van der Waals surface area contributed by atoms with E-state index in [-0.39, 0.29) is 5.97 Å². The van der Waals surface area contributed by atoms with Crippen LogP contribution in [0.2, 0.25) is 0 Å². The standard InChI is InChI=1S/C13H17NO3/c1-3-17-13(16)10-7-9-5-4-6-11(15)12(9)14-8(10)2/h7,11,15H,3-6H2,1-2H3. The van der Waals surface area contributed by atoms with E-state index in [9.17, 15) is 9.90 Å². The molecule has 1 heterocycles. The highest BCUT2D eigenvalue weighted by Gasteiger charge is 2.23. The number of rotatable bonds is 2. The van der Waals surface area contributed by atoms with Crippen molar-refractivity contribution in [2.45, 2.75) is 39.2 Å². The molecule has 0 bridgehead atoms. The maximum Gasteiger partial charge on any atom is 0.339 e. The minimum absolute atomic E-state index is 0.333. The van der Waals surface area contributed by atoms with Crippen LogP contribution in [0.3, 0.4) is 0 Å². The van der Waals surface area contributed by atoms with Crippen LogP contribution in [0.25, 0.3) is 0 Å². The van der Waals surface area contributed by atoms with Crippen molar-refractivity contribution >= 4 is 5.97 Å². The van der Waals surface area contributed by atoms with Crippen LogP contribution < -0.4 is 0 Å². The molecular weight excluding hydrogens is 218 g/mol. The number of aliphatic hydroxyl groups is 1. The lowest BCUT2D eigenvalue weighted by atomic mass is 9.92. The van der Waals surface area contributed by atoms with E-state index in [1.54, 1.807) is 13.8 Å². The van der Waals surface area contributed by atoms with Gasteiger partial charge in [0.2, 0.25) is 0 Å². The van der Waals surface area contributed by atoms with Crippen molar-refractivity contribution in [1.29, 1.82) is 0 Å². The molecule has 1 aromatic rings. The van der Waals surface area contributed by atoms with Gasteiger partial charge in [-0.25, -0.2) is 4.79 Å². The van der Waals surface area contributed by atoms with E-state index < -0.39 is 6.10 Å². The van der Waals surface area contributed by atoms with Crippen molar-refractivity contribution in [3.05, 3.63) is 28.6 Å². The Morgan fingerprint density at radius 1 is 1.65 bits per heavy atom. The van der Waals surface area contributed by atoms with Gasteiger partial charge in [-0.15, -0.1) is 0 Å². The van der Waals surface area contributed by atoms with Crippen molar-refractivity contribution in [2.24, 2.45) is 0 Å². The molecule has 0 spiro atoms. The second-order valence-electron chi connectivity index (χ2n) is 4.29. The predicted molar refractivity (Wildman–Crippen MR) is 62.8 cm³/mol. The maximum atomic E-state index is 11.7. The second-order valence-corrected chi connectivity index (χ2v) is 4.29. The van der Waals surface area contributed by atoms with Crippen molar-refractivity contribution in [1.82, 2.24) is 4.98 Å². The lowest BCUT2D eigenvalue weighted by Crippen LogP contribution is -2.16. The van der Waals surface area contributed by atoms with E-state index in [2.05, 4.69) is 4.98 Å². The number of fused-ring (bicyclic) bond motifs is 1. The van der Waals surface area contributed by atoms with Gasteiger partial charge >= 0.3 is 5.97 Å². The Kier molecular flexibility index (Phi) is 3.43. The number of aryl methyl sites for hydroxylation is 2. The molecule has 1 aromatic heterocycles. The lowest BCUT2D eigenvalue weighted by Gasteiger charge is -2.21. The fourth-order valence-electron chi connectivity index (χ4n) is 2.19. The number of nitrogens with zero attached hydrogens (tertiary/aromatic N) is 1. The summed E-state index contributed by atoms with van der Waals surface area (Å²) in [5.74, 6) is -0.333. The van der Waals surface area contributed by atoms with Crippen molar-refractivity contribution in [2.75, 3.05) is 6.61 Å². The summed E-state index contributed by atoms with van der Waals surface area (Å²) >= 11 is 0. The van der Waals surface area contributed by atoms with E-state index in [1.165, 1.54) is 0 Å². The third-order valence-electron chi connectivity index (χ3n) is 3.06. The molecule has 2 rings (SSSR count). The number of hydrogen-bond acceptors (Lipinski definition) is 4. The molecule has 4 heteroatoms. The Balaban J connectivity index is 2.40. The van der Waals surface area contributed by atoms with E-state index in [0.717, 1.165) is 30.5 Å². The number of aromatic nitrogens is 1. The Morgan fingerprint density at radius 2 is 2.41 bits per heavy atom. The summed E-state index contributed by atoms with van der Waals surface area (Å²) in [6, 6.07) is 1.82. The first kappa shape index (κ1) is 12.0. The zero-order valence-corrected chi connectivity index (χ0v) is 10.2. The van der Waals surface area contributed by atoms with Gasteiger partial charge in [0.15, 0.2) is 0 Å². The number of aliphatic hydroxyl groups excluding tert-OH is 1. The second kappa shape index (κ2) is 4.84. The van der Waals surface area contributed by atoms with Gasteiger partial charge in [0.25, 0.3) is 0 Å². The summed E-state index contributed by atoms with van der Waals surface area (Å²) in [6.07, 6.45) is 2.06. The molecule has 0 radical (unpaired) electrons. The summed E-state index contributed by atoms with van der Waals surface area (Å²) in [5, 5.41) is 9.84. The zero-order chi connectivity index (χ0) is 12.4. The number of esters is 1. The summed E-state index contributed by atoms with van der Waals surface area (Å²) < 4.78 is 4.99. The molecule has 0 fully saturated rings. The molecular formula is C13H17NO3. The van der Waals surface area contributed by atoms with Crippen LogP contribution in [0.5, 0.6) is 0 Å². The predicted octanol–water partition coefficient (Wildman–Crippen LogP) is 1.94. The molecule has 17 heavy (non-hydrogen) atoms. The number of carbonyl (C=O) groups excluding carboxylic acids is 1. The van der Waals surface area contributed by atoms with Crippen LogP contribution in [0.1, 0.15) is 53.2 Å². The molecule has 1 aliphatic carbocycles. The first-order valence-electron chi connectivity index (χ1n) is 5.99. The summed E-state index contributed by atoms with van der Waals surface area (Å²) in [7, 11) is 0. The van der Waals surface area contributed by atoms with E-state index in [1.807, 2.05) is 6.07 Å². The Morgan fingerprint density at radius 3 is 3.12 bits per heavy atom. The fraction of sp³-hybridized carbons (Fsp3) is 0.538. The van der Waals surface area contributed by atoms with E-state index in [4.69, 9.17) is 4.74 Å². The third-order valence-corrected chi connectivity index (χ3v) is 3.06. The summed E-state index contributed by atoms with van der Waals surface area (Å²) in [4.78, 5) is 16.1. The van der Waals surface area contributed by atoms with E-state index in [0.29, 0.717) is 17.9 Å². The van der Waals surface area contributed by atoms with Gasteiger partial charge in [0.05, 0.1) is 29.7 Å². The van der Waals surface area contributed by atoms with Crippen LogP contribution in [0.4, 0.5) is 0 Å². The average molecular weight is 235 g/mol. The van der Waals surface area contributed by atoms with Crippen LogP contribution in [-0.2, 0) is 11.2 Å². The molecule has 0 saturated carbocycles. The molecule has 1 N–H and O–H groups in total. The first-order chi connectivity index (χ1) is 8.13. The molecule has 0 aromatic carbocycles. The molecule has 1 aliphatic rings. The normalized spacial score (nSPS) is 18.6. The zero-order valence-electron chi connectivity index (χ0n) is 10.2. The topological polar surface area (TPSA) is 59.4 Å². The molecule has 1 atom stereocenters. The molecule has 0 amide bonds. The summed E-state index contributed by atoms with van der Waals surface area (Å²) in [5.41, 5.74) is 2.84. The molecule has 4 nitrogen and oxygen atoms in total. The van der Waals surface area contributed by atoms with Crippen LogP contribution in [0, 0.1) is 6.92 Å². The van der Waals surface area contributed by atoms with Gasteiger partial charge in [0, 0.05) is 0 Å². The van der Waals surface area contributed by atoms with Gasteiger partial charge in [0.1, 0.15) is 0 Å². The highest BCUT2D eigenvalue weighted by atomic mass is 16.5. The molecule has 0 aliphatic heterocycles. The van der Waals surface area contributed by atoms with Crippen LogP contribution in [0.15, 0.2) is 6.07 Å². The highest BCUT2D eigenvalue weighted by molar-refractivity contribution is 5.90. The Hall–Kier alpha value is -1.42. The highest BCUT2D eigenvalue weighted by Crippen LogP contribution is 2.29. The van der Waals surface area contributed by atoms with Gasteiger partial charge in [-0.05, 0) is 44.7 Å².